The van der Waals surface area contributed by atoms with Crippen LogP contribution in [-0.4, -0.2) is 0 Å². The molecule has 0 amide bonds. The van der Waals surface area contributed by atoms with Crippen molar-refractivity contribution >= 4 is 140 Å². The topological polar surface area (TPSA) is 6.48 Å². The van der Waals surface area contributed by atoms with Crippen LogP contribution < -0.4 is 9.80 Å². The minimum Gasteiger partial charge on any atom is -0.308 e. The van der Waals surface area contributed by atoms with Crippen LogP contribution in [0.4, 0.5) is 34.1 Å². The Bertz CT molecular complexity index is 3500. The van der Waals surface area contributed by atoms with E-state index in [1.807, 2.05) is 22.7 Å². The summed E-state index contributed by atoms with van der Waals surface area (Å²) in [6.07, 6.45) is 0. The highest BCUT2D eigenvalue weighted by molar-refractivity contribution is 7.29. The molecule has 2 heterocycles. The molecule has 0 atom stereocenters. The lowest BCUT2D eigenvalue weighted by Crippen LogP contribution is -2.13. The average Bonchev–Trinajstić information content (AvgIpc) is 3.91. The molecule has 13 rings (SSSR count). The molecule has 0 fully saturated rings. The predicted molar refractivity (Wildman–Crippen MR) is 272 cm³/mol. The molecule has 2 nitrogen and oxygen atoms in total. The average molecular weight is 825 g/mol. The molecule has 0 saturated heterocycles. The minimum atomic E-state index is 1.13. The molecule has 0 spiro atoms. The summed E-state index contributed by atoms with van der Waals surface area (Å²) in [7, 11) is 0. The molecule has 11 aromatic carbocycles. The van der Waals surface area contributed by atoms with Gasteiger partial charge in [0.25, 0.3) is 0 Å². The van der Waals surface area contributed by atoms with E-state index in [9.17, 15) is 0 Å². The predicted octanol–water partition coefficient (Wildman–Crippen LogP) is 18.0. The van der Waals surface area contributed by atoms with Crippen LogP contribution in [0, 0.1) is 0 Å². The zero-order chi connectivity index (χ0) is 40.7. The lowest BCUT2D eigenvalue weighted by Gasteiger charge is -2.31. The fraction of sp³-hybridized carbons (Fsp3) is 0. The Balaban J connectivity index is 1.22. The van der Waals surface area contributed by atoms with Crippen molar-refractivity contribution in [3.63, 3.8) is 0 Å². The summed E-state index contributed by atoms with van der Waals surface area (Å²) in [5.74, 6) is 0. The number of rotatable bonds is 6. The SMILES string of the molecule is c1ccc2cc(N(c3ccc4ccccc4c3)c3c4sc5ccccc5c4c(N(c4ccc5ccccc5c4)c4ccc5ccccc5c4)c4sc5ccccc5c34)ccc2c1. The van der Waals surface area contributed by atoms with Gasteiger partial charge in [-0.25, -0.2) is 0 Å². The van der Waals surface area contributed by atoms with Crippen molar-refractivity contribution in [2.75, 3.05) is 9.80 Å². The number of thiophene rings is 2. The highest BCUT2D eigenvalue weighted by atomic mass is 32.1. The van der Waals surface area contributed by atoms with Crippen LogP contribution in [0.5, 0.6) is 0 Å². The molecule has 13 aromatic rings. The number of nitrogens with zero attached hydrogens (tertiary/aromatic N) is 2. The summed E-state index contributed by atoms with van der Waals surface area (Å²) in [5, 5.41) is 14.8. The van der Waals surface area contributed by atoms with Gasteiger partial charge in [0.15, 0.2) is 0 Å². The summed E-state index contributed by atoms with van der Waals surface area (Å²) in [6, 6.07) is 80.7. The fourth-order valence-electron chi connectivity index (χ4n) is 9.63. The van der Waals surface area contributed by atoms with Crippen LogP contribution in [0.3, 0.4) is 0 Å². The second-order valence-corrected chi connectivity index (χ2v) is 18.2. The summed E-state index contributed by atoms with van der Waals surface area (Å²) in [5.41, 5.74) is 6.93. The lowest BCUT2D eigenvalue weighted by atomic mass is 9.99. The number of hydrogen-bond acceptors (Lipinski definition) is 4. The number of hydrogen-bond donors (Lipinski definition) is 0. The van der Waals surface area contributed by atoms with Gasteiger partial charge in [-0.2, -0.15) is 0 Å². The van der Waals surface area contributed by atoms with Crippen molar-refractivity contribution in [1.29, 1.82) is 0 Å². The molecule has 0 saturated carbocycles. The van der Waals surface area contributed by atoms with Crippen molar-refractivity contribution in [3.8, 4) is 0 Å². The van der Waals surface area contributed by atoms with Crippen molar-refractivity contribution < 1.29 is 0 Å². The first-order chi connectivity index (χ1) is 30.7. The first-order valence-corrected chi connectivity index (χ1v) is 22.7. The number of fused-ring (bicyclic) bond motifs is 10. The Labute approximate surface area is 366 Å². The van der Waals surface area contributed by atoms with Crippen LogP contribution in [0.25, 0.3) is 83.4 Å². The number of anilines is 6. The van der Waals surface area contributed by atoms with Crippen molar-refractivity contribution in [3.05, 3.63) is 218 Å². The molecule has 0 unspecified atom stereocenters. The Morgan fingerprint density at radius 1 is 0.258 bits per heavy atom. The zero-order valence-corrected chi connectivity index (χ0v) is 35.1. The van der Waals surface area contributed by atoms with Crippen LogP contribution in [0.1, 0.15) is 0 Å². The fourth-order valence-corrected chi connectivity index (χ4v) is 12.1. The van der Waals surface area contributed by atoms with Crippen molar-refractivity contribution in [1.82, 2.24) is 0 Å². The molecule has 0 radical (unpaired) electrons. The van der Waals surface area contributed by atoms with Gasteiger partial charge in [0.1, 0.15) is 0 Å². The molecule has 2 aromatic heterocycles. The van der Waals surface area contributed by atoms with E-state index in [1.54, 1.807) is 0 Å². The van der Waals surface area contributed by atoms with E-state index in [0.717, 1.165) is 22.7 Å². The minimum absolute atomic E-state index is 1.13. The molecule has 290 valence electrons. The van der Waals surface area contributed by atoms with E-state index in [1.165, 1.54) is 94.8 Å². The van der Waals surface area contributed by atoms with E-state index in [2.05, 4.69) is 228 Å². The van der Waals surface area contributed by atoms with Gasteiger partial charge in [0, 0.05) is 53.7 Å². The number of benzene rings is 11. The maximum Gasteiger partial charge on any atom is 0.0735 e. The van der Waals surface area contributed by atoms with E-state index >= 15 is 0 Å². The van der Waals surface area contributed by atoms with Gasteiger partial charge in [0.05, 0.1) is 20.8 Å². The normalized spacial score (nSPS) is 11.9. The maximum atomic E-state index is 2.55. The van der Waals surface area contributed by atoms with E-state index in [0.29, 0.717) is 0 Å². The van der Waals surface area contributed by atoms with Crippen LogP contribution >= 0.6 is 22.7 Å². The van der Waals surface area contributed by atoms with Gasteiger partial charge < -0.3 is 9.80 Å². The largest absolute Gasteiger partial charge is 0.308 e. The zero-order valence-electron chi connectivity index (χ0n) is 33.5. The second kappa shape index (κ2) is 14.0. The molecule has 0 N–H and O–H groups in total. The maximum absolute atomic E-state index is 2.55. The van der Waals surface area contributed by atoms with Crippen LogP contribution in [0.2, 0.25) is 0 Å². The van der Waals surface area contributed by atoms with Gasteiger partial charge >= 0.3 is 0 Å². The van der Waals surface area contributed by atoms with E-state index in [-0.39, 0.29) is 0 Å². The Kier molecular flexibility index (Phi) is 7.99. The molecule has 0 aliphatic carbocycles. The third kappa shape index (κ3) is 5.54. The standard InChI is InChI=1S/C58H36N2S2/c1-5-17-41-33-45(29-25-37(41)13-1)59(46-30-26-38-14-2-6-18-42(38)34-46)55-53-49-21-9-11-23-51(49)62-58(53)56(54-50-22-10-12-24-52(50)61-57(54)55)60(47-31-27-39-15-3-7-19-43(39)35-47)48-32-28-40-16-4-8-20-44(40)36-48/h1-36H. The van der Waals surface area contributed by atoms with E-state index < -0.39 is 0 Å². The van der Waals surface area contributed by atoms with Gasteiger partial charge in [-0.05, 0) is 104 Å². The molecule has 62 heavy (non-hydrogen) atoms. The third-order valence-electron chi connectivity index (χ3n) is 12.5. The third-order valence-corrected chi connectivity index (χ3v) is 14.9. The molecule has 0 aliphatic heterocycles. The van der Waals surface area contributed by atoms with Crippen LogP contribution in [0.15, 0.2) is 218 Å². The molecular weight excluding hydrogens is 789 g/mol. The van der Waals surface area contributed by atoms with E-state index in [4.69, 9.17) is 0 Å². The second-order valence-electron chi connectivity index (χ2n) is 16.1. The summed E-state index contributed by atoms with van der Waals surface area (Å²) >= 11 is 3.81. The first kappa shape index (κ1) is 35.3. The summed E-state index contributed by atoms with van der Waals surface area (Å²) in [4.78, 5) is 5.11. The van der Waals surface area contributed by atoms with Gasteiger partial charge in [-0.1, -0.05) is 158 Å². The van der Waals surface area contributed by atoms with Gasteiger partial charge in [0.2, 0.25) is 0 Å². The van der Waals surface area contributed by atoms with Crippen LogP contribution in [-0.2, 0) is 0 Å². The highest BCUT2D eigenvalue weighted by Gasteiger charge is 2.31. The van der Waals surface area contributed by atoms with Gasteiger partial charge in [-0.15, -0.1) is 22.7 Å². The summed E-state index contributed by atoms with van der Waals surface area (Å²) in [6.45, 7) is 0. The lowest BCUT2D eigenvalue weighted by molar-refractivity contribution is 1.32. The van der Waals surface area contributed by atoms with Gasteiger partial charge in [-0.3, -0.25) is 0 Å². The first-order valence-electron chi connectivity index (χ1n) is 21.1. The molecule has 0 bridgehead atoms. The molecule has 4 heteroatoms. The molecule has 0 aliphatic rings. The summed E-state index contributed by atoms with van der Waals surface area (Å²) < 4.78 is 5.04. The Morgan fingerprint density at radius 2 is 0.532 bits per heavy atom. The quantitative estimate of drug-likeness (QED) is 0.154. The smallest absolute Gasteiger partial charge is 0.0735 e. The molecular formula is C58H36N2S2. The Hall–Kier alpha value is -7.50. The van der Waals surface area contributed by atoms with Crippen molar-refractivity contribution in [2.45, 2.75) is 0 Å². The van der Waals surface area contributed by atoms with Crippen molar-refractivity contribution in [2.24, 2.45) is 0 Å². The highest BCUT2D eigenvalue weighted by Crippen LogP contribution is 2.59. The Morgan fingerprint density at radius 3 is 0.855 bits per heavy atom. The monoisotopic (exact) mass is 824 g/mol.